The first kappa shape index (κ1) is 24.4. The van der Waals surface area contributed by atoms with Gasteiger partial charge in [-0.15, -0.1) is 11.3 Å². The molecular weight excluding hydrogens is 484 g/mol. The van der Waals surface area contributed by atoms with E-state index < -0.39 is 25.8 Å². The molecule has 0 saturated carbocycles. The van der Waals surface area contributed by atoms with Gasteiger partial charge in [-0.1, -0.05) is 19.1 Å². The summed E-state index contributed by atoms with van der Waals surface area (Å²) < 4.78 is 58.2. The van der Waals surface area contributed by atoms with Gasteiger partial charge < -0.3 is 4.74 Å². The first-order valence-corrected chi connectivity index (χ1v) is 13.8. The number of sulfone groups is 1. The number of methoxy groups -OCH3 is 1. The predicted molar refractivity (Wildman–Crippen MR) is 126 cm³/mol. The average molecular weight is 505 g/mol. The van der Waals surface area contributed by atoms with E-state index in [1.54, 1.807) is 19.1 Å². The summed E-state index contributed by atoms with van der Waals surface area (Å²) in [5.74, 6) is -0.684. The molecule has 3 rings (SSSR count). The number of carbonyl (C=O) groups excluding carboxylic acids is 1. The highest BCUT2D eigenvalue weighted by atomic mass is 32.2. The lowest BCUT2D eigenvalue weighted by Crippen LogP contribution is -2.17. The van der Waals surface area contributed by atoms with Crippen molar-refractivity contribution in [1.29, 1.82) is 5.26 Å². The number of thiophene rings is 1. The van der Waals surface area contributed by atoms with Gasteiger partial charge in [0.25, 0.3) is 10.0 Å². The van der Waals surface area contributed by atoms with E-state index in [1.807, 2.05) is 6.07 Å². The number of rotatable bonds is 7. The van der Waals surface area contributed by atoms with Crippen molar-refractivity contribution in [2.75, 3.05) is 18.1 Å². The van der Waals surface area contributed by atoms with Crippen molar-refractivity contribution in [1.82, 2.24) is 0 Å². The van der Waals surface area contributed by atoms with E-state index in [2.05, 4.69) is 4.72 Å². The molecule has 0 saturated heterocycles. The number of esters is 1. The predicted octanol–water partition coefficient (Wildman–Crippen LogP) is 3.84. The minimum Gasteiger partial charge on any atom is -0.465 e. The summed E-state index contributed by atoms with van der Waals surface area (Å²) in [5, 5.41) is 9.13. The number of aryl methyl sites for hydroxylation is 1. The molecule has 0 bridgehead atoms. The average Bonchev–Trinajstić information content (AvgIpc) is 3.26. The van der Waals surface area contributed by atoms with Gasteiger partial charge in [0.2, 0.25) is 0 Å². The summed E-state index contributed by atoms with van der Waals surface area (Å²) in [6.07, 6.45) is 1.40. The Morgan fingerprint density at radius 1 is 1.09 bits per heavy atom. The summed E-state index contributed by atoms with van der Waals surface area (Å²) in [4.78, 5) is 12.8. The number of anilines is 1. The van der Waals surface area contributed by atoms with Crippen molar-refractivity contribution in [3.05, 3.63) is 64.5 Å². The van der Waals surface area contributed by atoms with Crippen LogP contribution in [-0.4, -0.2) is 36.2 Å². The Morgan fingerprint density at radius 2 is 1.82 bits per heavy atom. The third kappa shape index (κ3) is 5.24. The number of benzene rings is 2. The second-order valence-corrected chi connectivity index (χ2v) is 11.8. The van der Waals surface area contributed by atoms with Crippen molar-refractivity contribution in [2.45, 2.75) is 23.1 Å². The minimum atomic E-state index is -4.22. The van der Waals surface area contributed by atoms with E-state index in [0.717, 1.165) is 17.6 Å². The van der Waals surface area contributed by atoms with Crippen LogP contribution >= 0.6 is 11.3 Å². The smallest absolute Gasteiger partial charge is 0.337 e. The maximum atomic E-state index is 13.4. The second-order valence-electron chi connectivity index (χ2n) is 7.03. The van der Waals surface area contributed by atoms with Crippen molar-refractivity contribution in [2.24, 2.45) is 0 Å². The zero-order chi connectivity index (χ0) is 24.4. The van der Waals surface area contributed by atoms with E-state index in [9.17, 15) is 21.6 Å². The van der Waals surface area contributed by atoms with Crippen LogP contribution in [0.1, 0.15) is 27.7 Å². The quantitative estimate of drug-likeness (QED) is 0.484. The molecule has 0 aliphatic heterocycles. The lowest BCUT2D eigenvalue weighted by molar-refractivity contribution is 0.0600. The number of ether oxygens (including phenoxy) is 1. The molecule has 0 radical (unpaired) electrons. The lowest BCUT2D eigenvalue weighted by Gasteiger charge is -2.16. The molecule has 1 aromatic heterocycles. The minimum absolute atomic E-state index is 0.0368. The van der Waals surface area contributed by atoms with Crippen LogP contribution < -0.4 is 4.72 Å². The molecular formula is C22H20N2O6S3. The largest absolute Gasteiger partial charge is 0.465 e. The summed E-state index contributed by atoms with van der Waals surface area (Å²) in [7, 11) is -6.65. The summed E-state index contributed by atoms with van der Waals surface area (Å²) in [6, 6.07) is 13.6. The van der Waals surface area contributed by atoms with Crippen LogP contribution in [0.2, 0.25) is 0 Å². The Kier molecular flexibility index (Phi) is 6.92. The third-order valence-electron chi connectivity index (χ3n) is 4.80. The number of hydrogen-bond donors (Lipinski definition) is 1. The normalized spacial score (nSPS) is 11.6. The number of nitrogens with zero attached hydrogens (tertiary/aromatic N) is 1. The molecule has 2 aromatic carbocycles. The van der Waals surface area contributed by atoms with E-state index in [1.165, 1.54) is 43.5 Å². The van der Waals surface area contributed by atoms with Gasteiger partial charge in [0.05, 0.1) is 28.2 Å². The van der Waals surface area contributed by atoms with E-state index in [0.29, 0.717) is 27.3 Å². The zero-order valence-corrected chi connectivity index (χ0v) is 20.4. The fourth-order valence-electron chi connectivity index (χ4n) is 3.14. The highest BCUT2D eigenvalue weighted by Gasteiger charge is 2.23. The Hall–Kier alpha value is -3.20. The SMILES string of the molecule is CCc1ccc(C(=O)OC)cc1S(=O)(=O)Nc1cc(S(C)(=O)=O)ccc1-c1ccc(C#N)s1. The van der Waals surface area contributed by atoms with Gasteiger partial charge >= 0.3 is 5.97 Å². The number of nitriles is 1. The van der Waals surface area contributed by atoms with Crippen molar-refractivity contribution >= 4 is 42.9 Å². The number of carbonyl (C=O) groups is 1. The van der Waals surface area contributed by atoms with Gasteiger partial charge in [0.15, 0.2) is 9.84 Å². The van der Waals surface area contributed by atoms with Crippen LogP contribution in [0.5, 0.6) is 0 Å². The maximum absolute atomic E-state index is 13.4. The molecule has 0 atom stereocenters. The first-order valence-electron chi connectivity index (χ1n) is 9.58. The van der Waals surface area contributed by atoms with Crippen LogP contribution in [0.4, 0.5) is 5.69 Å². The maximum Gasteiger partial charge on any atom is 0.337 e. The molecule has 11 heteroatoms. The Balaban J connectivity index is 2.18. The monoisotopic (exact) mass is 504 g/mol. The fourth-order valence-corrected chi connectivity index (χ4v) is 6.04. The van der Waals surface area contributed by atoms with Crippen LogP contribution in [0.25, 0.3) is 10.4 Å². The van der Waals surface area contributed by atoms with Crippen LogP contribution in [0.3, 0.4) is 0 Å². The molecule has 3 aromatic rings. The highest BCUT2D eigenvalue weighted by Crippen LogP contribution is 2.36. The Bertz CT molecular complexity index is 1480. The van der Waals surface area contributed by atoms with Gasteiger partial charge in [0, 0.05) is 16.7 Å². The summed E-state index contributed by atoms with van der Waals surface area (Å²) in [5.41, 5.74) is 0.991. The standard InChI is InChI=1S/C22H20N2O6S3/c1-4-14-5-6-15(22(25)30-2)11-21(14)33(28,29)24-19-12-17(32(3,26)27)8-9-18(19)20-10-7-16(13-23)31-20/h5-12,24H,4H2,1-3H3. The Morgan fingerprint density at radius 3 is 2.39 bits per heavy atom. The number of sulfonamides is 1. The van der Waals surface area contributed by atoms with Crippen molar-refractivity contribution in [3.8, 4) is 16.5 Å². The number of hydrogen-bond acceptors (Lipinski definition) is 8. The third-order valence-corrected chi connectivity index (χ3v) is 8.38. The highest BCUT2D eigenvalue weighted by molar-refractivity contribution is 7.92. The molecule has 33 heavy (non-hydrogen) atoms. The van der Waals surface area contributed by atoms with E-state index in [-0.39, 0.29) is 21.0 Å². The van der Waals surface area contributed by atoms with Gasteiger partial charge in [-0.3, -0.25) is 4.72 Å². The zero-order valence-electron chi connectivity index (χ0n) is 17.9. The Labute approximate surface area is 196 Å². The molecule has 172 valence electrons. The molecule has 1 N–H and O–H groups in total. The first-order chi connectivity index (χ1) is 15.5. The molecule has 0 fully saturated rings. The summed E-state index contributed by atoms with van der Waals surface area (Å²) in [6.45, 7) is 1.77. The van der Waals surface area contributed by atoms with Gasteiger partial charge in [0.1, 0.15) is 10.9 Å². The van der Waals surface area contributed by atoms with Gasteiger partial charge in [-0.25, -0.2) is 21.6 Å². The van der Waals surface area contributed by atoms with Crippen LogP contribution in [0.15, 0.2) is 58.3 Å². The number of nitrogens with one attached hydrogen (secondary N) is 1. The van der Waals surface area contributed by atoms with Gasteiger partial charge in [-0.2, -0.15) is 5.26 Å². The topological polar surface area (TPSA) is 130 Å². The molecule has 1 heterocycles. The van der Waals surface area contributed by atoms with E-state index >= 15 is 0 Å². The molecule has 0 spiro atoms. The molecule has 0 amide bonds. The van der Waals surface area contributed by atoms with Crippen LogP contribution in [-0.2, 0) is 31.0 Å². The van der Waals surface area contributed by atoms with E-state index in [4.69, 9.17) is 10.00 Å². The summed E-state index contributed by atoms with van der Waals surface area (Å²) >= 11 is 1.15. The van der Waals surface area contributed by atoms with Crippen molar-refractivity contribution in [3.63, 3.8) is 0 Å². The lowest BCUT2D eigenvalue weighted by atomic mass is 10.1. The van der Waals surface area contributed by atoms with Crippen molar-refractivity contribution < 1.29 is 26.4 Å². The molecule has 0 unspecified atom stereocenters. The molecule has 0 aliphatic carbocycles. The van der Waals surface area contributed by atoms with Crippen LogP contribution in [0, 0.1) is 11.3 Å². The molecule has 8 nitrogen and oxygen atoms in total. The van der Waals surface area contributed by atoms with Gasteiger partial charge in [-0.05, 0) is 48.4 Å². The molecule has 0 aliphatic rings. The second kappa shape index (κ2) is 9.35. The fraction of sp³-hybridized carbons (Fsp3) is 0.182.